The zero-order valence-corrected chi connectivity index (χ0v) is 16.7. The molecule has 0 saturated carbocycles. The van der Waals surface area contributed by atoms with Crippen LogP contribution in [0, 0.1) is 5.92 Å². The number of benzene rings is 2. The van der Waals surface area contributed by atoms with Gasteiger partial charge in [-0.25, -0.2) is 0 Å². The summed E-state index contributed by atoms with van der Waals surface area (Å²) in [5.74, 6) is 3.77. The topological polar surface area (TPSA) is 40.2 Å². The molecule has 3 heterocycles. The lowest BCUT2D eigenvalue weighted by Crippen LogP contribution is -2.57. The molecule has 0 spiro atoms. The van der Waals surface area contributed by atoms with Gasteiger partial charge in [0.15, 0.2) is 17.2 Å². The van der Waals surface area contributed by atoms with Gasteiger partial charge in [0.1, 0.15) is 11.5 Å². The first-order chi connectivity index (χ1) is 13.6. The van der Waals surface area contributed by atoms with Crippen LogP contribution in [0.5, 0.6) is 23.0 Å². The second-order valence-electron chi connectivity index (χ2n) is 8.14. The number of ether oxygens (including phenoxy) is 4. The highest BCUT2D eigenvalue weighted by Gasteiger charge is 2.49. The maximum Gasteiger partial charge on any atom is 0.231 e. The van der Waals surface area contributed by atoms with Crippen molar-refractivity contribution in [3.05, 3.63) is 47.5 Å². The molecule has 0 aromatic heterocycles. The highest BCUT2D eigenvalue weighted by molar-refractivity contribution is 5.56. The Bertz CT molecular complexity index is 892. The molecule has 148 valence electrons. The van der Waals surface area contributed by atoms with Crippen molar-refractivity contribution in [2.24, 2.45) is 5.92 Å². The third-order valence-corrected chi connectivity index (χ3v) is 6.69. The minimum Gasteiger partial charge on any atom is -0.497 e. The number of hydrogen-bond donors (Lipinski definition) is 0. The number of hydrogen-bond acceptors (Lipinski definition) is 5. The number of rotatable bonds is 3. The monoisotopic (exact) mass is 381 g/mol. The van der Waals surface area contributed by atoms with Gasteiger partial charge in [0, 0.05) is 36.6 Å². The van der Waals surface area contributed by atoms with Gasteiger partial charge in [-0.3, -0.25) is 4.90 Å². The minimum absolute atomic E-state index is 0.180. The molecule has 3 aliphatic heterocycles. The van der Waals surface area contributed by atoms with Crippen LogP contribution in [0.4, 0.5) is 0 Å². The van der Waals surface area contributed by atoms with Crippen molar-refractivity contribution in [2.75, 3.05) is 27.0 Å². The van der Waals surface area contributed by atoms with Gasteiger partial charge in [-0.15, -0.1) is 0 Å². The number of fused-ring (bicyclic) bond motifs is 2. The van der Waals surface area contributed by atoms with E-state index in [9.17, 15) is 0 Å². The van der Waals surface area contributed by atoms with Crippen molar-refractivity contribution in [2.45, 2.75) is 38.3 Å². The van der Waals surface area contributed by atoms with Crippen LogP contribution in [0.15, 0.2) is 36.4 Å². The fourth-order valence-corrected chi connectivity index (χ4v) is 4.98. The average molecular weight is 381 g/mol. The Morgan fingerprint density at radius 1 is 1.04 bits per heavy atom. The molecule has 5 heteroatoms. The van der Waals surface area contributed by atoms with E-state index in [0.29, 0.717) is 0 Å². The summed E-state index contributed by atoms with van der Waals surface area (Å²) in [6.45, 7) is 6.96. The molecule has 1 saturated heterocycles. The van der Waals surface area contributed by atoms with E-state index in [1.165, 1.54) is 18.4 Å². The van der Waals surface area contributed by atoms with Gasteiger partial charge in [0.05, 0.1) is 7.11 Å². The molecular weight excluding hydrogens is 354 g/mol. The molecule has 28 heavy (non-hydrogen) atoms. The molecular formula is C23H27NO4. The number of methoxy groups -OCH3 is 1. The van der Waals surface area contributed by atoms with E-state index < -0.39 is 0 Å². The van der Waals surface area contributed by atoms with Gasteiger partial charge in [-0.1, -0.05) is 19.1 Å². The maximum absolute atomic E-state index is 6.71. The van der Waals surface area contributed by atoms with E-state index in [4.69, 9.17) is 18.9 Å². The lowest BCUT2D eigenvalue weighted by Gasteiger charge is -2.50. The third kappa shape index (κ3) is 2.64. The van der Waals surface area contributed by atoms with Crippen LogP contribution in [0.1, 0.15) is 43.7 Å². The van der Waals surface area contributed by atoms with Crippen molar-refractivity contribution in [1.82, 2.24) is 4.90 Å². The second-order valence-corrected chi connectivity index (χ2v) is 8.14. The maximum atomic E-state index is 6.71. The predicted molar refractivity (Wildman–Crippen MR) is 106 cm³/mol. The van der Waals surface area contributed by atoms with Crippen molar-refractivity contribution >= 4 is 0 Å². The lowest BCUT2D eigenvalue weighted by molar-refractivity contribution is -0.114. The summed E-state index contributed by atoms with van der Waals surface area (Å²) in [7, 11) is 1.72. The molecule has 3 atom stereocenters. The van der Waals surface area contributed by atoms with E-state index >= 15 is 0 Å². The van der Waals surface area contributed by atoms with Gasteiger partial charge in [-0.05, 0) is 43.5 Å². The first kappa shape index (κ1) is 17.7. The molecule has 0 unspecified atom stereocenters. The molecule has 0 N–H and O–H groups in total. The average Bonchev–Trinajstić information content (AvgIpc) is 3.39. The van der Waals surface area contributed by atoms with Gasteiger partial charge in [-0.2, -0.15) is 0 Å². The Labute approximate surface area is 166 Å². The van der Waals surface area contributed by atoms with E-state index in [1.807, 2.05) is 12.1 Å². The second kappa shape index (κ2) is 6.59. The fraction of sp³-hybridized carbons (Fsp3) is 0.478. The van der Waals surface area contributed by atoms with E-state index in [1.54, 1.807) is 7.11 Å². The van der Waals surface area contributed by atoms with Crippen LogP contribution in [0.3, 0.4) is 0 Å². The Morgan fingerprint density at radius 2 is 1.79 bits per heavy atom. The van der Waals surface area contributed by atoms with Crippen molar-refractivity contribution in [1.29, 1.82) is 0 Å². The van der Waals surface area contributed by atoms with E-state index in [-0.39, 0.29) is 24.4 Å². The van der Waals surface area contributed by atoms with Crippen LogP contribution in [-0.2, 0) is 0 Å². The highest BCUT2D eigenvalue weighted by atomic mass is 16.7. The first-order valence-electron chi connectivity index (χ1n) is 10.1. The third-order valence-electron chi connectivity index (χ3n) is 6.69. The summed E-state index contributed by atoms with van der Waals surface area (Å²) in [5.41, 5.74) is 2.02. The summed E-state index contributed by atoms with van der Waals surface area (Å²) in [4.78, 5) is 2.50. The Kier molecular flexibility index (Phi) is 4.16. The smallest absolute Gasteiger partial charge is 0.231 e. The Hall–Kier alpha value is -2.40. The standard InChI is InChI=1S/C23H27NO4/c1-15-22(16-7-6-8-17(11-16)25-3)18-12-20-21(27-14-26-20)13-19(18)28-23(15,2)24-9-4-5-10-24/h6-8,11-13,15,22H,4-5,9-10,14H2,1-3H3/t15-,22+,23+/m0/s1. The summed E-state index contributed by atoms with van der Waals surface area (Å²) >= 11 is 0. The van der Waals surface area contributed by atoms with Crippen LogP contribution in [-0.4, -0.2) is 37.6 Å². The van der Waals surface area contributed by atoms with Gasteiger partial charge < -0.3 is 18.9 Å². The lowest BCUT2D eigenvalue weighted by atomic mass is 9.74. The zero-order valence-electron chi connectivity index (χ0n) is 16.7. The van der Waals surface area contributed by atoms with E-state index in [2.05, 4.69) is 43.0 Å². The number of nitrogens with zero attached hydrogens (tertiary/aromatic N) is 1. The van der Waals surface area contributed by atoms with Gasteiger partial charge in [0.25, 0.3) is 0 Å². The molecule has 2 aromatic carbocycles. The first-order valence-corrected chi connectivity index (χ1v) is 10.1. The zero-order chi connectivity index (χ0) is 19.3. The van der Waals surface area contributed by atoms with Crippen molar-refractivity contribution in [3.8, 4) is 23.0 Å². The molecule has 0 radical (unpaired) electrons. The largest absolute Gasteiger partial charge is 0.497 e. The fourth-order valence-electron chi connectivity index (χ4n) is 4.98. The predicted octanol–water partition coefficient (Wildman–Crippen LogP) is 4.40. The normalized spacial score (nSPS) is 28.7. The molecule has 5 nitrogen and oxygen atoms in total. The molecule has 0 bridgehead atoms. The molecule has 3 aliphatic rings. The molecule has 1 fully saturated rings. The summed E-state index contributed by atoms with van der Waals surface area (Å²) in [5, 5.41) is 0. The van der Waals surface area contributed by atoms with Crippen molar-refractivity contribution < 1.29 is 18.9 Å². The molecule has 5 rings (SSSR count). The Morgan fingerprint density at radius 3 is 2.54 bits per heavy atom. The van der Waals surface area contributed by atoms with E-state index in [0.717, 1.165) is 41.7 Å². The number of likely N-dealkylation sites (tertiary alicyclic amines) is 1. The van der Waals surface area contributed by atoms with Crippen LogP contribution in [0.25, 0.3) is 0 Å². The molecule has 0 amide bonds. The summed E-state index contributed by atoms with van der Waals surface area (Å²) < 4.78 is 23.5. The SMILES string of the molecule is COc1cccc([C@@H]2c3cc4c(cc3O[C@@](C)(N3CCCC3)[C@H]2C)OCO4)c1. The van der Waals surface area contributed by atoms with Gasteiger partial charge >= 0.3 is 0 Å². The van der Waals surface area contributed by atoms with Crippen LogP contribution < -0.4 is 18.9 Å². The summed E-state index contributed by atoms with van der Waals surface area (Å²) in [6.07, 6.45) is 2.45. The van der Waals surface area contributed by atoms with Gasteiger partial charge in [0.2, 0.25) is 6.79 Å². The quantitative estimate of drug-likeness (QED) is 0.788. The highest BCUT2D eigenvalue weighted by Crippen LogP contribution is 2.53. The molecule has 2 aromatic rings. The Balaban J connectivity index is 1.66. The van der Waals surface area contributed by atoms with Crippen molar-refractivity contribution in [3.63, 3.8) is 0 Å². The minimum atomic E-state index is -0.370. The molecule has 0 aliphatic carbocycles. The van der Waals surface area contributed by atoms with Crippen LogP contribution >= 0.6 is 0 Å². The summed E-state index contributed by atoms with van der Waals surface area (Å²) in [6, 6.07) is 12.5. The van der Waals surface area contributed by atoms with Crippen LogP contribution in [0.2, 0.25) is 0 Å².